The van der Waals surface area contributed by atoms with E-state index in [1.165, 1.54) is 11.1 Å². The van der Waals surface area contributed by atoms with Gasteiger partial charge in [-0.15, -0.1) is 0 Å². The van der Waals surface area contributed by atoms with E-state index in [0.717, 1.165) is 22.5 Å². The van der Waals surface area contributed by atoms with E-state index in [-0.39, 0.29) is 30.5 Å². The molecule has 0 aromatic heterocycles. The zero-order chi connectivity index (χ0) is 25.9. The van der Waals surface area contributed by atoms with Gasteiger partial charge in [-0.25, -0.2) is 9.59 Å². The summed E-state index contributed by atoms with van der Waals surface area (Å²) < 4.78 is 11.2. The maximum Gasteiger partial charge on any atom is 0.407 e. The highest BCUT2D eigenvalue weighted by atomic mass is 32.1. The molecule has 8 heteroatoms. The van der Waals surface area contributed by atoms with E-state index in [1.54, 1.807) is 7.05 Å². The van der Waals surface area contributed by atoms with Gasteiger partial charge in [-0.05, 0) is 62.3 Å². The van der Waals surface area contributed by atoms with Gasteiger partial charge in [0.2, 0.25) is 0 Å². The minimum atomic E-state index is -0.617. The molecule has 0 heterocycles. The number of nitrogens with one attached hydrogen (secondary N) is 3. The molecule has 192 valence electrons. The molecule has 2 aliphatic rings. The van der Waals surface area contributed by atoms with Crippen LogP contribution in [0.5, 0.6) is 0 Å². The monoisotopic (exact) mass is 509 g/mol. The number of fused-ring (bicyclic) bond motifs is 3. The summed E-state index contributed by atoms with van der Waals surface area (Å²) >= 11 is 5.46. The number of hydrogen-bond acceptors (Lipinski definition) is 5. The molecule has 0 bridgehead atoms. The van der Waals surface area contributed by atoms with Gasteiger partial charge in [0, 0.05) is 18.9 Å². The maximum absolute atomic E-state index is 12.9. The molecule has 3 N–H and O–H groups in total. The largest absolute Gasteiger partial charge is 0.449 e. The lowest BCUT2D eigenvalue weighted by atomic mass is 9.82. The van der Waals surface area contributed by atoms with Gasteiger partial charge >= 0.3 is 12.2 Å². The molecule has 7 nitrogen and oxygen atoms in total. The van der Waals surface area contributed by atoms with Gasteiger partial charge in [0.15, 0.2) is 0 Å². The van der Waals surface area contributed by atoms with Crippen LogP contribution in [0.25, 0.3) is 11.1 Å². The van der Waals surface area contributed by atoms with Crippen molar-refractivity contribution in [3.8, 4) is 11.1 Å². The van der Waals surface area contributed by atoms with Crippen LogP contribution in [0, 0.1) is 5.92 Å². The Morgan fingerprint density at radius 3 is 2.08 bits per heavy atom. The highest BCUT2D eigenvalue weighted by Crippen LogP contribution is 2.44. The first kappa shape index (κ1) is 25.9. The minimum Gasteiger partial charge on any atom is -0.449 e. The van der Waals surface area contributed by atoms with Crippen LogP contribution in [0.15, 0.2) is 48.5 Å². The van der Waals surface area contributed by atoms with Crippen molar-refractivity contribution >= 4 is 29.4 Å². The fourth-order valence-electron chi connectivity index (χ4n) is 5.20. The molecule has 1 unspecified atom stereocenters. The number of rotatable bonds is 5. The Hall–Kier alpha value is -3.13. The molecule has 1 saturated carbocycles. The van der Waals surface area contributed by atoms with Crippen LogP contribution in [0.2, 0.25) is 0 Å². The molecule has 2 amide bonds. The van der Waals surface area contributed by atoms with Crippen molar-refractivity contribution in [2.24, 2.45) is 5.92 Å². The van der Waals surface area contributed by atoms with Crippen LogP contribution >= 0.6 is 12.2 Å². The van der Waals surface area contributed by atoms with E-state index in [0.29, 0.717) is 12.8 Å². The van der Waals surface area contributed by atoms with Crippen molar-refractivity contribution < 1.29 is 19.1 Å². The van der Waals surface area contributed by atoms with E-state index in [1.807, 2.05) is 45.0 Å². The number of benzene rings is 2. The molecule has 2 aliphatic carbocycles. The summed E-state index contributed by atoms with van der Waals surface area (Å²) in [5, 5.41) is 8.98. The summed E-state index contributed by atoms with van der Waals surface area (Å²) in [6.07, 6.45) is 1.07. The third-order valence-electron chi connectivity index (χ3n) is 6.82. The molecule has 0 spiro atoms. The Balaban J connectivity index is 1.41. The van der Waals surface area contributed by atoms with Crippen LogP contribution in [0.1, 0.15) is 57.1 Å². The summed E-state index contributed by atoms with van der Waals surface area (Å²) in [6.45, 7) is 5.69. The first-order valence-corrected chi connectivity index (χ1v) is 12.9. The molecular weight excluding hydrogens is 474 g/mol. The second-order valence-electron chi connectivity index (χ2n) is 10.5. The Morgan fingerprint density at radius 1 is 0.917 bits per heavy atom. The van der Waals surface area contributed by atoms with Crippen molar-refractivity contribution in [3.63, 3.8) is 0 Å². The number of hydrogen-bond donors (Lipinski definition) is 3. The Kier molecular flexibility index (Phi) is 7.83. The molecule has 3 atom stereocenters. The molecule has 36 heavy (non-hydrogen) atoms. The lowest BCUT2D eigenvalue weighted by Crippen LogP contribution is -2.56. The molecule has 2 aromatic carbocycles. The molecule has 4 rings (SSSR count). The molecule has 0 aliphatic heterocycles. The fourth-order valence-corrected chi connectivity index (χ4v) is 5.41. The summed E-state index contributed by atoms with van der Waals surface area (Å²) in [5.41, 5.74) is 4.08. The normalized spacial score (nSPS) is 21.1. The predicted octanol–water partition coefficient (Wildman–Crippen LogP) is 5.13. The summed E-state index contributed by atoms with van der Waals surface area (Å²) in [4.78, 5) is 26.2. The second-order valence-corrected chi connectivity index (χ2v) is 10.9. The second kappa shape index (κ2) is 10.9. The predicted molar refractivity (Wildman–Crippen MR) is 144 cm³/mol. The number of carbonyl (C=O) groups is 2. The van der Waals surface area contributed by atoms with Crippen LogP contribution in [0.3, 0.4) is 0 Å². The Labute approximate surface area is 218 Å². The van der Waals surface area contributed by atoms with Gasteiger partial charge in [0.25, 0.3) is 0 Å². The molecule has 1 fully saturated rings. The van der Waals surface area contributed by atoms with Crippen LogP contribution in [0.4, 0.5) is 9.59 Å². The zero-order valence-electron chi connectivity index (χ0n) is 21.3. The van der Waals surface area contributed by atoms with E-state index in [2.05, 4.69) is 40.2 Å². The van der Waals surface area contributed by atoms with Gasteiger partial charge in [-0.3, -0.25) is 0 Å². The van der Waals surface area contributed by atoms with E-state index in [9.17, 15) is 9.59 Å². The first-order valence-electron chi connectivity index (χ1n) is 12.5. The molecule has 0 radical (unpaired) electrons. The van der Waals surface area contributed by atoms with Crippen molar-refractivity contribution in [1.29, 1.82) is 0 Å². The summed E-state index contributed by atoms with van der Waals surface area (Å²) in [5.74, 6) is 0.105. The number of alkyl carbamates (subject to hydrolysis) is 2. The van der Waals surface area contributed by atoms with Crippen molar-refractivity contribution in [2.75, 3.05) is 13.7 Å². The van der Waals surface area contributed by atoms with E-state index >= 15 is 0 Å². The first-order chi connectivity index (χ1) is 17.2. The summed E-state index contributed by atoms with van der Waals surface area (Å²) in [7, 11) is 1.81. The standard InChI is InChI=1S/C28H35N3O4S/c1-28(2,3)35-27(33)31-24-15-17(25(36)29-4)13-14-23(24)30-26(32)34-16-22-20-11-7-5-9-18(20)19-10-6-8-12-21(19)22/h5-12,17,22-24H,13-16H2,1-4H3,(H,29,36)(H,30,32)(H,31,33)/t17-,23?,24+/m0/s1. The number of thiocarbonyl (C=S) groups is 1. The van der Waals surface area contributed by atoms with Gasteiger partial charge in [0.1, 0.15) is 12.2 Å². The van der Waals surface area contributed by atoms with Crippen LogP contribution < -0.4 is 16.0 Å². The number of carbonyl (C=O) groups excluding carboxylic acids is 2. The fraction of sp³-hybridized carbons (Fsp3) is 0.464. The van der Waals surface area contributed by atoms with E-state index in [4.69, 9.17) is 21.7 Å². The van der Waals surface area contributed by atoms with Crippen molar-refractivity contribution in [3.05, 3.63) is 59.7 Å². The van der Waals surface area contributed by atoms with Gasteiger partial charge in [-0.1, -0.05) is 60.7 Å². The van der Waals surface area contributed by atoms with Gasteiger partial charge < -0.3 is 25.4 Å². The number of ether oxygens (including phenoxy) is 2. The number of amides is 2. The third-order valence-corrected chi connectivity index (χ3v) is 7.35. The smallest absolute Gasteiger partial charge is 0.407 e. The van der Waals surface area contributed by atoms with Crippen molar-refractivity contribution in [1.82, 2.24) is 16.0 Å². The minimum absolute atomic E-state index is 0.0115. The quantitative estimate of drug-likeness (QED) is 0.484. The third kappa shape index (κ3) is 5.98. The van der Waals surface area contributed by atoms with Gasteiger partial charge in [-0.2, -0.15) is 0 Å². The van der Waals surface area contributed by atoms with E-state index < -0.39 is 17.8 Å². The van der Waals surface area contributed by atoms with Gasteiger partial charge in [0.05, 0.1) is 17.1 Å². The Morgan fingerprint density at radius 2 is 1.50 bits per heavy atom. The average molecular weight is 510 g/mol. The summed E-state index contributed by atoms with van der Waals surface area (Å²) in [6, 6.07) is 15.9. The molecule has 0 saturated heterocycles. The topological polar surface area (TPSA) is 88.7 Å². The highest BCUT2D eigenvalue weighted by Gasteiger charge is 2.36. The highest BCUT2D eigenvalue weighted by molar-refractivity contribution is 7.80. The van der Waals surface area contributed by atoms with Crippen LogP contribution in [-0.2, 0) is 9.47 Å². The average Bonchev–Trinajstić information content (AvgIpc) is 3.16. The lowest BCUT2D eigenvalue weighted by Gasteiger charge is -2.37. The SMILES string of the molecule is CNC(=S)[C@H]1CCC(NC(=O)OCC2c3ccccc3-c3ccccc32)[C@H](NC(=O)OC(C)(C)C)C1. The maximum atomic E-state index is 12.9. The molecule has 2 aromatic rings. The molecular formula is C28H35N3O4S. The lowest BCUT2D eigenvalue weighted by molar-refractivity contribution is 0.0470. The van der Waals surface area contributed by atoms with Crippen LogP contribution in [-0.4, -0.2) is 48.5 Å². The van der Waals surface area contributed by atoms with Crippen molar-refractivity contribution in [2.45, 2.75) is 63.6 Å². The Bertz CT molecular complexity index is 1080. The zero-order valence-corrected chi connectivity index (χ0v) is 22.1.